The first-order valence-corrected chi connectivity index (χ1v) is 12.8. The molecule has 0 bridgehead atoms. The van der Waals surface area contributed by atoms with E-state index in [1.54, 1.807) is 19.3 Å². The molecule has 4 nitrogen and oxygen atoms in total. The van der Waals surface area contributed by atoms with Gasteiger partial charge in [-0.2, -0.15) is 4.36 Å². The van der Waals surface area contributed by atoms with Crippen molar-refractivity contribution in [3.05, 3.63) is 47.0 Å². The SMILES string of the molecule is CCN(C)/C=N\c1cc(C)c(S(C)(=O)=Nc2cccc(S(F)(F)(F)(F)F)c2)cc1Cl. The second kappa shape index (κ2) is 7.38. The normalized spacial score (nSPS) is 16.6. The zero-order valence-corrected chi connectivity index (χ0v) is 19.0. The number of benzene rings is 2. The molecule has 0 N–H and O–H groups in total. The molecule has 0 saturated heterocycles. The summed E-state index contributed by atoms with van der Waals surface area (Å²) in [5.41, 5.74) is 0.428. The van der Waals surface area contributed by atoms with Crippen LogP contribution in [0.1, 0.15) is 12.5 Å². The van der Waals surface area contributed by atoms with Crippen molar-refractivity contribution in [1.82, 2.24) is 4.90 Å². The Morgan fingerprint density at radius 1 is 1.17 bits per heavy atom. The van der Waals surface area contributed by atoms with Crippen LogP contribution in [0.3, 0.4) is 0 Å². The fraction of sp³-hybridized carbons (Fsp3) is 0.278. The Morgan fingerprint density at radius 3 is 2.37 bits per heavy atom. The predicted molar refractivity (Wildman–Crippen MR) is 115 cm³/mol. The van der Waals surface area contributed by atoms with Crippen LogP contribution in [0.5, 0.6) is 0 Å². The van der Waals surface area contributed by atoms with Crippen molar-refractivity contribution in [2.75, 3.05) is 19.8 Å². The van der Waals surface area contributed by atoms with Crippen LogP contribution in [0.25, 0.3) is 0 Å². The number of nitrogens with zero attached hydrogens (tertiary/aromatic N) is 3. The van der Waals surface area contributed by atoms with E-state index >= 15 is 0 Å². The third kappa shape index (κ3) is 6.08. The number of halogens is 6. The predicted octanol–water partition coefficient (Wildman–Crippen LogP) is 7.71. The van der Waals surface area contributed by atoms with E-state index in [-0.39, 0.29) is 22.1 Å². The quantitative estimate of drug-likeness (QED) is 0.237. The monoisotopic (exact) mass is 489 g/mol. The van der Waals surface area contributed by atoms with E-state index in [4.69, 9.17) is 11.6 Å². The average Bonchev–Trinajstić information content (AvgIpc) is 2.59. The van der Waals surface area contributed by atoms with Crippen LogP contribution in [-0.4, -0.2) is 35.3 Å². The molecule has 2 aromatic carbocycles. The van der Waals surface area contributed by atoms with Gasteiger partial charge in [-0.1, -0.05) is 37.1 Å². The van der Waals surface area contributed by atoms with Gasteiger partial charge in [0.25, 0.3) is 0 Å². The minimum absolute atomic E-state index is 0.168. The lowest BCUT2D eigenvalue weighted by Gasteiger charge is -2.40. The summed E-state index contributed by atoms with van der Waals surface area (Å²) in [6.45, 7) is 4.27. The van der Waals surface area contributed by atoms with Crippen molar-refractivity contribution in [3.8, 4) is 0 Å². The van der Waals surface area contributed by atoms with Crippen LogP contribution in [0.15, 0.2) is 55.5 Å². The number of hydrogen-bond acceptors (Lipinski definition) is 3. The Bertz CT molecular complexity index is 1130. The Balaban J connectivity index is 2.55. The standard InChI is InChI=1S/C18H21ClF5N3OS2/c1-5-27(3)12-25-17-9-13(2)18(11-16(17)19)29(4,28)26-14-7-6-8-15(10-14)30(20,21,22,23)24/h6-12H,5H2,1-4H3/b25-12-. The second-order valence-electron chi connectivity index (χ2n) is 6.75. The molecule has 0 aromatic heterocycles. The van der Waals surface area contributed by atoms with E-state index in [2.05, 4.69) is 9.36 Å². The molecule has 0 aliphatic rings. The topological polar surface area (TPSA) is 45.0 Å². The first-order valence-electron chi connectivity index (χ1n) is 8.54. The van der Waals surface area contributed by atoms with Crippen LogP contribution in [0.2, 0.25) is 5.02 Å². The van der Waals surface area contributed by atoms with Crippen molar-refractivity contribution in [2.45, 2.75) is 23.6 Å². The molecule has 0 aliphatic carbocycles. The highest BCUT2D eigenvalue weighted by Gasteiger charge is 2.65. The molecule has 2 rings (SSSR count). The van der Waals surface area contributed by atoms with Crippen molar-refractivity contribution >= 4 is 49.3 Å². The average molecular weight is 490 g/mol. The molecule has 1 atom stereocenters. The van der Waals surface area contributed by atoms with Gasteiger partial charge in [0.15, 0.2) is 0 Å². The van der Waals surface area contributed by atoms with E-state index < -0.39 is 30.5 Å². The third-order valence-corrected chi connectivity index (χ3v) is 7.35. The summed E-state index contributed by atoms with van der Waals surface area (Å²) in [5, 5.41) is 0.168. The van der Waals surface area contributed by atoms with Crippen LogP contribution in [-0.2, 0) is 9.73 Å². The Kier molecular flexibility index (Phi) is 6.01. The lowest BCUT2D eigenvalue weighted by atomic mass is 10.2. The minimum Gasteiger partial charge on any atom is -0.366 e. The van der Waals surface area contributed by atoms with Gasteiger partial charge in [-0.05, 0) is 49.7 Å². The molecule has 0 radical (unpaired) electrons. The maximum Gasteiger partial charge on any atom is 0.310 e. The first kappa shape index (κ1) is 24.4. The fourth-order valence-electron chi connectivity index (χ4n) is 2.43. The number of aliphatic imine (C=N–C) groups is 1. The fourth-order valence-corrected chi connectivity index (χ4v) is 4.99. The molecule has 168 valence electrons. The summed E-state index contributed by atoms with van der Waals surface area (Å²) in [5.74, 6) is 0. The summed E-state index contributed by atoms with van der Waals surface area (Å²) in [7, 11) is -11.4. The van der Waals surface area contributed by atoms with E-state index in [1.807, 2.05) is 18.9 Å². The lowest BCUT2D eigenvalue weighted by Crippen LogP contribution is -2.14. The molecule has 0 spiro atoms. The molecule has 30 heavy (non-hydrogen) atoms. The van der Waals surface area contributed by atoms with Crippen molar-refractivity contribution < 1.29 is 23.6 Å². The molecule has 0 amide bonds. The molecule has 2 aromatic rings. The molecule has 1 unspecified atom stereocenters. The molecule has 0 saturated carbocycles. The van der Waals surface area contributed by atoms with Gasteiger partial charge >= 0.3 is 10.2 Å². The van der Waals surface area contributed by atoms with Crippen LogP contribution >= 0.6 is 21.8 Å². The van der Waals surface area contributed by atoms with Crippen molar-refractivity contribution in [2.24, 2.45) is 9.36 Å². The molecule has 0 aliphatic heterocycles. The molecule has 12 heteroatoms. The molecule has 0 fully saturated rings. The largest absolute Gasteiger partial charge is 0.366 e. The number of aryl methyl sites for hydroxylation is 1. The van der Waals surface area contributed by atoms with Gasteiger partial charge in [-0.25, -0.2) is 9.20 Å². The first-order chi connectivity index (χ1) is 13.4. The highest BCUT2D eigenvalue weighted by atomic mass is 35.5. The van der Waals surface area contributed by atoms with Crippen LogP contribution in [0, 0.1) is 6.92 Å². The van der Waals surface area contributed by atoms with Crippen LogP contribution in [0.4, 0.5) is 30.8 Å². The van der Waals surface area contributed by atoms with Gasteiger partial charge < -0.3 is 4.90 Å². The van der Waals surface area contributed by atoms with Crippen molar-refractivity contribution in [1.29, 1.82) is 0 Å². The maximum atomic E-state index is 13.1. The van der Waals surface area contributed by atoms with E-state index in [0.29, 0.717) is 11.3 Å². The summed E-state index contributed by atoms with van der Waals surface area (Å²) < 4.78 is 82.2. The highest BCUT2D eigenvalue weighted by Crippen LogP contribution is 3.02. The van der Waals surface area contributed by atoms with E-state index in [0.717, 1.165) is 18.7 Å². The Morgan fingerprint density at radius 2 is 1.80 bits per heavy atom. The summed E-state index contributed by atoms with van der Waals surface area (Å²) >= 11 is 6.22. The van der Waals surface area contributed by atoms with E-state index in [9.17, 15) is 23.6 Å². The van der Waals surface area contributed by atoms with Crippen molar-refractivity contribution in [3.63, 3.8) is 0 Å². The van der Waals surface area contributed by atoms with E-state index in [1.165, 1.54) is 12.3 Å². The van der Waals surface area contributed by atoms with Gasteiger partial charge in [0, 0.05) is 19.8 Å². The summed E-state index contributed by atoms with van der Waals surface area (Å²) in [6, 6.07) is 5.27. The zero-order valence-electron chi connectivity index (χ0n) is 16.6. The van der Waals surface area contributed by atoms with Gasteiger partial charge in [-0.15, -0.1) is 0 Å². The number of rotatable bonds is 6. The minimum atomic E-state index is -9.88. The molecule has 0 heterocycles. The third-order valence-electron chi connectivity index (χ3n) is 4.09. The molecular formula is C18H21ClF5N3OS2. The Labute approximate surface area is 177 Å². The van der Waals surface area contributed by atoms with Gasteiger partial charge in [-0.3, -0.25) is 0 Å². The lowest BCUT2D eigenvalue weighted by molar-refractivity contribution is 0.364. The zero-order chi connectivity index (χ0) is 23.0. The number of hydrogen-bond donors (Lipinski definition) is 0. The highest BCUT2D eigenvalue weighted by molar-refractivity contribution is 8.45. The maximum absolute atomic E-state index is 13.1. The smallest absolute Gasteiger partial charge is 0.310 e. The van der Waals surface area contributed by atoms with Gasteiger partial charge in [0.05, 0.1) is 37.4 Å². The summed E-state index contributed by atoms with van der Waals surface area (Å²) in [4.78, 5) is 4.13. The summed E-state index contributed by atoms with van der Waals surface area (Å²) in [6.07, 6.45) is 2.77. The second-order valence-corrected chi connectivity index (χ2v) is 11.8. The van der Waals surface area contributed by atoms with Gasteiger partial charge in [0.2, 0.25) is 0 Å². The molecular weight excluding hydrogens is 469 g/mol. The van der Waals surface area contributed by atoms with Gasteiger partial charge in [0.1, 0.15) is 4.90 Å². The Hall–Kier alpha value is -1.85. The van der Waals surface area contributed by atoms with Crippen LogP contribution < -0.4 is 0 Å².